The molecule has 0 aliphatic rings. The fourth-order valence-electron chi connectivity index (χ4n) is 3.21. The molecule has 32 heavy (non-hydrogen) atoms. The summed E-state index contributed by atoms with van der Waals surface area (Å²) in [5.74, 6) is -1.15. The van der Waals surface area contributed by atoms with E-state index < -0.39 is 5.97 Å². The van der Waals surface area contributed by atoms with Gasteiger partial charge in [-0.05, 0) is 35.4 Å². The Morgan fingerprint density at radius 2 is 1.84 bits per heavy atom. The van der Waals surface area contributed by atoms with Gasteiger partial charge in [0.15, 0.2) is 0 Å². The minimum atomic E-state index is -0.434. The predicted molar refractivity (Wildman–Crippen MR) is 119 cm³/mol. The summed E-state index contributed by atoms with van der Waals surface area (Å²) in [4.78, 5) is 41.8. The van der Waals surface area contributed by atoms with Crippen LogP contribution in [0.2, 0.25) is 0 Å². The summed E-state index contributed by atoms with van der Waals surface area (Å²) in [5, 5.41) is 4.95. The molecule has 9 heteroatoms. The van der Waals surface area contributed by atoms with E-state index in [-0.39, 0.29) is 30.4 Å². The molecule has 0 aliphatic carbocycles. The molecule has 0 saturated heterocycles. The molecule has 4 aromatic rings. The maximum atomic E-state index is 13.3. The smallest absolute Gasteiger partial charge is 0.337 e. The molecule has 0 radical (unpaired) electrons. The van der Waals surface area contributed by atoms with Gasteiger partial charge in [0.05, 0.1) is 24.4 Å². The van der Waals surface area contributed by atoms with Gasteiger partial charge in [0.1, 0.15) is 17.2 Å². The van der Waals surface area contributed by atoms with E-state index in [2.05, 4.69) is 15.0 Å². The Hall–Kier alpha value is -3.85. The first-order valence-corrected chi connectivity index (χ1v) is 10.5. The lowest BCUT2D eigenvalue weighted by Gasteiger charge is -2.08. The third-order valence-corrected chi connectivity index (χ3v) is 5.78. The molecule has 162 valence electrons. The molecule has 0 aliphatic heterocycles. The van der Waals surface area contributed by atoms with Crippen molar-refractivity contribution in [2.24, 2.45) is 0 Å². The third-order valence-electron chi connectivity index (χ3n) is 4.89. The summed E-state index contributed by atoms with van der Waals surface area (Å²) in [6.45, 7) is 0.0463. The van der Waals surface area contributed by atoms with Crippen molar-refractivity contribution >= 4 is 33.4 Å². The van der Waals surface area contributed by atoms with Gasteiger partial charge in [0.25, 0.3) is 5.56 Å². The fourth-order valence-corrected chi connectivity index (χ4v) is 4.12. The van der Waals surface area contributed by atoms with Gasteiger partial charge in [-0.2, -0.15) is 0 Å². The number of aromatic nitrogens is 2. The van der Waals surface area contributed by atoms with Gasteiger partial charge in [-0.15, -0.1) is 11.3 Å². The summed E-state index contributed by atoms with van der Waals surface area (Å²) in [6, 6.07) is 12.5. The van der Waals surface area contributed by atoms with Gasteiger partial charge in [-0.25, -0.2) is 14.2 Å². The second-order valence-corrected chi connectivity index (χ2v) is 7.84. The van der Waals surface area contributed by atoms with Crippen LogP contribution in [0.1, 0.15) is 15.9 Å². The van der Waals surface area contributed by atoms with E-state index in [4.69, 9.17) is 0 Å². The van der Waals surface area contributed by atoms with Crippen molar-refractivity contribution in [3.05, 3.63) is 87.5 Å². The van der Waals surface area contributed by atoms with E-state index in [0.29, 0.717) is 26.9 Å². The molecule has 2 heterocycles. The molecule has 1 N–H and O–H groups in total. The Morgan fingerprint density at radius 3 is 2.53 bits per heavy atom. The number of thiophene rings is 1. The molecule has 0 spiro atoms. The van der Waals surface area contributed by atoms with Crippen LogP contribution in [-0.2, 0) is 22.6 Å². The number of benzene rings is 2. The second kappa shape index (κ2) is 9.11. The largest absolute Gasteiger partial charge is 0.465 e. The van der Waals surface area contributed by atoms with E-state index in [1.54, 1.807) is 41.8 Å². The van der Waals surface area contributed by atoms with Crippen molar-refractivity contribution in [3.8, 4) is 11.1 Å². The minimum absolute atomic E-state index is 0.194. The Morgan fingerprint density at radius 1 is 1.12 bits per heavy atom. The number of fused-ring (bicyclic) bond motifs is 1. The molecule has 7 nitrogen and oxygen atoms in total. The zero-order chi connectivity index (χ0) is 22.7. The van der Waals surface area contributed by atoms with Crippen molar-refractivity contribution in [1.82, 2.24) is 14.9 Å². The van der Waals surface area contributed by atoms with Crippen LogP contribution < -0.4 is 10.9 Å². The van der Waals surface area contributed by atoms with Crippen LogP contribution in [0.15, 0.2) is 65.0 Å². The van der Waals surface area contributed by atoms with Crippen molar-refractivity contribution in [3.63, 3.8) is 0 Å². The second-order valence-electron chi connectivity index (χ2n) is 6.98. The number of halogens is 1. The number of hydrogen-bond donors (Lipinski definition) is 1. The highest BCUT2D eigenvalue weighted by Gasteiger charge is 2.15. The normalized spacial score (nSPS) is 10.8. The highest BCUT2D eigenvalue weighted by atomic mass is 32.1. The third kappa shape index (κ3) is 4.42. The number of methoxy groups -OCH3 is 1. The van der Waals surface area contributed by atoms with Crippen molar-refractivity contribution < 1.29 is 18.7 Å². The van der Waals surface area contributed by atoms with E-state index in [9.17, 15) is 18.8 Å². The van der Waals surface area contributed by atoms with E-state index in [1.807, 2.05) is 0 Å². The monoisotopic (exact) mass is 451 g/mol. The first kappa shape index (κ1) is 21.4. The Labute approximate surface area is 186 Å². The number of rotatable bonds is 6. The summed E-state index contributed by atoms with van der Waals surface area (Å²) < 4.78 is 19.2. The van der Waals surface area contributed by atoms with Gasteiger partial charge in [0, 0.05) is 17.5 Å². The zero-order valence-electron chi connectivity index (χ0n) is 17.0. The highest BCUT2D eigenvalue weighted by molar-refractivity contribution is 7.17. The highest BCUT2D eigenvalue weighted by Crippen LogP contribution is 2.30. The molecule has 1 amide bonds. The molecular formula is C23H18FN3O4S. The lowest BCUT2D eigenvalue weighted by Crippen LogP contribution is -2.32. The van der Waals surface area contributed by atoms with E-state index >= 15 is 0 Å². The summed E-state index contributed by atoms with van der Waals surface area (Å²) >= 11 is 1.32. The summed E-state index contributed by atoms with van der Waals surface area (Å²) in [7, 11) is 1.31. The van der Waals surface area contributed by atoms with Crippen LogP contribution in [-0.4, -0.2) is 28.5 Å². The van der Waals surface area contributed by atoms with Crippen LogP contribution in [0.4, 0.5) is 4.39 Å². The van der Waals surface area contributed by atoms with Gasteiger partial charge in [-0.1, -0.05) is 24.3 Å². The molecule has 0 atom stereocenters. The lowest BCUT2D eigenvalue weighted by atomic mass is 10.1. The van der Waals surface area contributed by atoms with Gasteiger partial charge in [0.2, 0.25) is 5.91 Å². The first-order chi connectivity index (χ1) is 15.5. The number of esters is 1. The average molecular weight is 451 g/mol. The molecule has 0 fully saturated rings. The number of hydrogen-bond acceptors (Lipinski definition) is 6. The number of ether oxygens (including phenoxy) is 1. The van der Waals surface area contributed by atoms with Crippen molar-refractivity contribution in [2.75, 3.05) is 7.11 Å². The molecule has 0 bridgehead atoms. The number of nitrogens with one attached hydrogen (secondary N) is 1. The quantitative estimate of drug-likeness (QED) is 0.454. The maximum Gasteiger partial charge on any atom is 0.337 e. The van der Waals surface area contributed by atoms with E-state index in [0.717, 1.165) is 5.56 Å². The number of carbonyl (C=O) groups is 2. The topological polar surface area (TPSA) is 90.3 Å². The van der Waals surface area contributed by atoms with Crippen LogP contribution >= 0.6 is 11.3 Å². The predicted octanol–water partition coefficient (Wildman–Crippen LogP) is 3.37. The van der Waals surface area contributed by atoms with E-state index in [1.165, 1.54) is 41.5 Å². The van der Waals surface area contributed by atoms with Crippen LogP contribution in [0.3, 0.4) is 0 Å². The molecule has 2 aromatic carbocycles. The fraction of sp³-hybridized carbons (Fsp3) is 0.130. The Bertz CT molecular complexity index is 1340. The van der Waals surface area contributed by atoms with Crippen LogP contribution in [0, 0.1) is 5.82 Å². The number of nitrogens with zero attached hydrogens (tertiary/aromatic N) is 2. The Balaban J connectivity index is 1.49. The zero-order valence-corrected chi connectivity index (χ0v) is 17.8. The number of carbonyl (C=O) groups excluding carboxylic acids is 2. The van der Waals surface area contributed by atoms with Crippen molar-refractivity contribution in [1.29, 1.82) is 0 Å². The molecular weight excluding hydrogens is 433 g/mol. The molecule has 0 unspecified atom stereocenters. The SMILES string of the molecule is COC(=O)c1ccc(CNC(=O)Cn2cnc3scc(-c4ccc(F)cc4)c3c2=O)cc1. The molecule has 0 saturated carbocycles. The number of amides is 1. The van der Waals surface area contributed by atoms with Gasteiger partial charge >= 0.3 is 5.97 Å². The van der Waals surface area contributed by atoms with Crippen molar-refractivity contribution in [2.45, 2.75) is 13.1 Å². The van der Waals surface area contributed by atoms with Crippen LogP contribution in [0.5, 0.6) is 0 Å². The summed E-state index contributed by atoms with van der Waals surface area (Å²) in [6.07, 6.45) is 1.35. The van der Waals surface area contributed by atoms with Gasteiger partial charge < -0.3 is 10.1 Å². The Kier molecular flexibility index (Phi) is 6.09. The maximum absolute atomic E-state index is 13.3. The average Bonchev–Trinajstić information content (AvgIpc) is 3.25. The van der Waals surface area contributed by atoms with Crippen LogP contribution in [0.25, 0.3) is 21.3 Å². The summed E-state index contributed by atoms with van der Waals surface area (Å²) in [5.41, 5.74) is 2.23. The molecule has 4 rings (SSSR count). The first-order valence-electron chi connectivity index (χ1n) is 9.63. The molecule has 2 aromatic heterocycles. The minimum Gasteiger partial charge on any atom is -0.465 e. The standard InChI is InChI=1S/C23H18FN3O4S/c1-31-23(30)16-4-2-14(3-5-16)10-25-19(28)11-27-13-26-21-20(22(27)29)18(12-32-21)15-6-8-17(24)9-7-15/h2-9,12-13H,10-11H2,1H3,(H,25,28). The lowest BCUT2D eigenvalue weighted by molar-refractivity contribution is -0.121. The van der Waals surface area contributed by atoms with Gasteiger partial charge in [-0.3, -0.25) is 14.2 Å².